The fraction of sp³-hybridized carbons (Fsp3) is 0.538. The first-order chi connectivity index (χ1) is 11.3. The number of aliphatic carboxylic acids is 1. The van der Waals surface area contributed by atoms with E-state index >= 15 is 0 Å². The topological polar surface area (TPSA) is 191 Å². The zero-order chi connectivity index (χ0) is 18.3. The third kappa shape index (κ3) is 5.61. The van der Waals surface area contributed by atoms with Crippen LogP contribution in [0.5, 0.6) is 0 Å². The van der Waals surface area contributed by atoms with Crippen molar-refractivity contribution in [3.63, 3.8) is 0 Å². The van der Waals surface area contributed by atoms with Crippen LogP contribution in [0.25, 0.3) is 0 Å². The molecule has 0 aliphatic carbocycles. The van der Waals surface area contributed by atoms with Gasteiger partial charge in [0.2, 0.25) is 11.8 Å². The maximum atomic E-state index is 12.2. The molecule has 4 unspecified atom stereocenters. The second-order valence-electron chi connectivity index (χ2n) is 5.19. The molecule has 24 heavy (non-hydrogen) atoms. The summed E-state index contributed by atoms with van der Waals surface area (Å²) >= 11 is 0. The Bertz CT molecular complexity index is 561. The zero-order valence-electron chi connectivity index (χ0n) is 13.0. The van der Waals surface area contributed by atoms with Crippen LogP contribution in [0, 0.1) is 0 Å². The Hall–Kier alpha value is -2.50. The van der Waals surface area contributed by atoms with Gasteiger partial charge in [0.25, 0.3) is 0 Å². The summed E-state index contributed by atoms with van der Waals surface area (Å²) in [7, 11) is 0. The van der Waals surface area contributed by atoms with Gasteiger partial charge in [0, 0.05) is 18.3 Å². The number of aromatic nitrogens is 2. The van der Waals surface area contributed by atoms with Gasteiger partial charge in [-0.05, 0) is 6.92 Å². The van der Waals surface area contributed by atoms with E-state index in [9.17, 15) is 19.5 Å². The predicted molar refractivity (Wildman–Crippen MR) is 80.5 cm³/mol. The Morgan fingerprint density at radius 2 is 1.92 bits per heavy atom. The number of imidazole rings is 1. The first-order valence-electron chi connectivity index (χ1n) is 7.11. The molecule has 0 aromatic carbocycles. The van der Waals surface area contributed by atoms with E-state index in [-0.39, 0.29) is 6.42 Å². The molecule has 1 heterocycles. The van der Waals surface area contributed by atoms with Crippen molar-refractivity contribution in [3.05, 3.63) is 18.2 Å². The molecule has 11 nitrogen and oxygen atoms in total. The van der Waals surface area contributed by atoms with Crippen molar-refractivity contribution in [1.29, 1.82) is 0 Å². The lowest BCUT2D eigenvalue weighted by molar-refractivity contribution is -0.143. The number of hydrogen-bond donors (Lipinski definition) is 7. The van der Waals surface area contributed by atoms with Crippen LogP contribution in [-0.2, 0) is 20.8 Å². The fourth-order valence-electron chi connectivity index (χ4n) is 1.77. The van der Waals surface area contributed by atoms with Crippen LogP contribution in [0.15, 0.2) is 12.5 Å². The van der Waals surface area contributed by atoms with Crippen LogP contribution >= 0.6 is 0 Å². The number of aromatic amines is 1. The van der Waals surface area contributed by atoms with Crippen molar-refractivity contribution < 1.29 is 29.7 Å². The average Bonchev–Trinajstić information content (AvgIpc) is 3.03. The third-order valence-electron chi connectivity index (χ3n) is 3.23. The van der Waals surface area contributed by atoms with Crippen molar-refractivity contribution in [2.24, 2.45) is 5.73 Å². The van der Waals surface area contributed by atoms with Crippen LogP contribution in [0.3, 0.4) is 0 Å². The summed E-state index contributed by atoms with van der Waals surface area (Å²) in [5, 5.41) is 31.6. The normalized spacial score (nSPS) is 15.8. The first kappa shape index (κ1) is 19.5. The molecule has 0 radical (unpaired) electrons. The molecule has 11 heteroatoms. The molecule has 0 aliphatic rings. The molecule has 0 saturated carbocycles. The Balaban J connectivity index is 2.86. The molecular formula is C13H21N5O6. The van der Waals surface area contributed by atoms with Crippen LogP contribution in [0.1, 0.15) is 12.6 Å². The van der Waals surface area contributed by atoms with Crippen molar-refractivity contribution in [2.45, 2.75) is 37.6 Å². The van der Waals surface area contributed by atoms with Crippen molar-refractivity contribution in [1.82, 2.24) is 20.6 Å². The monoisotopic (exact) mass is 343 g/mol. The SMILES string of the molecule is CC(O)C(N)C(=O)NC(Cc1cnc[nH]1)C(=O)NC(CO)C(=O)O. The molecule has 0 bridgehead atoms. The quantitative estimate of drug-likeness (QED) is 0.242. The molecule has 0 fully saturated rings. The number of aliphatic hydroxyl groups is 2. The van der Waals surface area contributed by atoms with E-state index in [1.54, 1.807) is 0 Å². The van der Waals surface area contributed by atoms with Gasteiger partial charge in [0.15, 0.2) is 0 Å². The van der Waals surface area contributed by atoms with E-state index in [4.69, 9.17) is 15.9 Å². The van der Waals surface area contributed by atoms with Crippen LogP contribution in [-0.4, -0.2) is 73.9 Å². The Kier molecular flexibility index (Phi) is 7.30. The van der Waals surface area contributed by atoms with Crippen LogP contribution in [0.2, 0.25) is 0 Å². The average molecular weight is 343 g/mol. The number of carboxylic acid groups (broad SMARTS) is 1. The van der Waals surface area contributed by atoms with Gasteiger partial charge in [0.1, 0.15) is 18.1 Å². The van der Waals surface area contributed by atoms with Crippen molar-refractivity contribution in [2.75, 3.05) is 6.61 Å². The Morgan fingerprint density at radius 1 is 1.29 bits per heavy atom. The summed E-state index contributed by atoms with van der Waals surface area (Å²) in [5.41, 5.74) is 6.02. The van der Waals surface area contributed by atoms with E-state index in [1.165, 1.54) is 19.4 Å². The highest BCUT2D eigenvalue weighted by atomic mass is 16.4. The summed E-state index contributed by atoms with van der Waals surface area (Å²) in [6.45, 7) is 0.513. The van der Waals surface area contributed by atoms with E-state index in [2.05, 4.69) is 20.6 Å². The maximum Gasteiger partial charge on any atom is 0.328 e. The van der Waals surface area contributed by atoms with E-state index in [0.29, 0.717) is 5.69 Å². The zero-order valence-corrected chi connectivity index (χ0v) is 13.0. The lowest BCUT2D eigenvalue weighted by Gasteiger charge is -2.22. The van der Waals surface area contributed by atoms with Gasteiger partial charge in [-0.1, -0.05) is 0 Å². The third-order valence-corrected chi connectivity index (χ3v) is 3.23. The highest BCUT2D eigenvalue weighted by molar-refractivity contribution is 5.92. The molecule has 4 atom stereocenters. The van der Waals surface area contributed by atoms with E-state index < -0.39 is 48.6 Å². The van der Waals surface area contributed by atoms with Gasteiger partial charge in [-0.3, -0.25) is 9.59 Å². The summed E-state index contributed by atoms with van der Waals surface area (Å²) in [4.78, 5) is 41.6. The number of carboxylic acids is 1. The number of H-pyrrole nitrogens is 1. The van der Waals surface area contributed by atoms with Gasteiger partial charge >= 0.3 is 5.97 Å². The Morgan fingerprint density at radius 3 is 2.38 bits per heavy atom. The standard InChI is InChI=1S/C13H21N5O6/c1-6(20)10(14)12(22)17-8(2-7-3-15-5-16-7)11(21)18-9(4-19)13(23)24/h3,5-6,8-10,19-20H,2,4,14H2,1H3,(H,15,16)(H,17,22)(H,18,21)(H,23,24). The van der Waals surface area contributed by atoms with E-state index in [1.807, 2.05) is 0 Å². The number of rotatable bonds is 9. The van der Waals surface area contributed by atoms with Gasteiger partial charge in [-0.2, -0.15) is 0 Å². The minimum atomic E-state index is -1.51. The van der Waals surface area contributed by atoms with Crippen molar-refractivity contribution >= 4 is 17.8 Å². The van der Waals surface area contributed by atoms with Gasteiger partial charge in [-0.15, -0.1) is 0 Å². The summed E-state index contributed by atoms with van der Waals surface area (Å²) in [6.07, 6.45) is 1.66. The molecule has 8 N–H and O–H groups in total. The summed E-state index contributed by atoms with van der Waals surface area (Å²) in [6, 6.07) is -3.93. The number of nitrogens with zero attached hydrogens (tertiary/aromatic N) is 1. The number of hydrogen-bond acceptors (Lipinski definition) is 7. The molecule has 134 valence electrons. The lowest BCUT2D eigenvalue weighted by atomic mass is 10.1. The highest BCUT2D eigenvalue weighted by Crippen LogP contribution is 2.01. The van der Waals surface area contributed by atoms with E-state index in [0.717, 1.165) is 0 Å². The second kappa shape index (κ2) is 8.96. The molecule has 2 amide bonds. The van der Waals surface area contributed by atoms with Crippen LogP contribution in [0.4, 0.5) is 0 Å². The fourth-order valence-corrected chi connectivity index (χ4v) is 1.77. The number of carbonyl (C=O) groups excluding carboxylic acids is 2. The second-order valence-corrected chi connectivity index (χ2v) is 5.19. The minimum Gasteiger partial charge on any atom is -0.480 e. The Labute approximate surface area is 137 Å². The molecule has 1 aromatic rings. The number of aliphatic hydroxyl groups excluding tert-OH is 2. The molecule has 0 spiro atoms. The van der Waals surface area contributed by atoms with Gasteiger partial charge in [-0.25, -0.2) is 9.78 Å². The number of nitrogens with two attached hydrogens (primary N) is 1. The predicted octanol–water partition coefficient (Wildman–Crippen LogP) is -3.29. The summed E-state index contributed by atoms with van der Waals surface area (Å²) < 4.78 is 0. The molecule has 0 aliphatic heterocycles. The van der Waals surface area contributed by atoms with Crippen molar-refractivity contribution in [3.8, 4) is 0 Å². The van der Waals surface area contributed by atoms with Crippen LogP contribution < -0.4 is 16.4 Å². The molecule has 1 aromatic heterocycles. The largest absolute Gasteiger partial charge is 0.480 e. The van der Waals surface area contributed by atoms with Gasteiger partial charge < -0.3 is 36.7 Å². The molecule has 0 saturated heterocycles. The number of nitrogens with one attached hydrogen (secondary N) is 3. The number of amides is 2. The molecular weight excluding hydrogens is 322 g/mol. The summed E-state index contributed by atoms with van der Waals surface area (Å²) in [5.74, 6) is -3.02. The maximum absolute atomic E-state index is 12.2. The smallest absolute Gasteiger partial charge is 0.328 e. The lowest BCUT2D eigenvalue weighted by Crippen LogP contribution is -2.57. The minimum absolute atomic E-state index is 0.0120. The van der Waals surface area contributed by atoms with Gasteiger partial charge in [0.05, 0.1) is 19.0 Å². The molecule has 1 rings (SSSR count). The number of carbonyl (C=O) groups is 3. The first-order valence-corrected chi connectivity index (χ1v) is 7.11. The highest BCUT2D eigenvalue weighted by Gasteiger charge is 2.29.